The molecule has 0 unspecified atom stereocenters. The fraction of sp³-hybridized carbons (Fsp3) is 0.688. The van der Waals surface area contributed by atoms with Crippen LogP contribution in [0.25, 0.3) is 0 Å². The SMILES string of the molecule is Cc1ncsc1CCC(=O)N1CCC(CN2CCNC2=O)CC1. The Morgan fingerprint density at radius 3 is 2.78 bits per heavy atom. The van der Waals surface area contributed by atoms with Crippen molar-refractivity contribution < 1.29 is 9.59 Å². The number of amides is 3. The second-order valence-electron chi connectivity index (χ2n) is 6.36. The summed E-state index contributed by atoms with van der Waals surface area (Å²) in [4.78, 5) is 33.3. The first-order valence-electron chi connectivity index (χ1n) is 8.33. The number of hydrogen-bond donors (Lipinski definition) is 1. The fourth-order valence-corrected chi connectivity index (χ4v) is 4.09. The maximum atomic E-state index is 12.3. The lowest BCUT2D eigenvalue weighted by Gasteiger charge is -2.33. The first-order valence-corrected chi connectivity index (χ1v) is 9.21. The van der Waals surface area contributed by atoms with Gasteiger partial charge in [-0.05, 0) is 32.1 Å². The molecule has 0 aliphatic carbocycles. The van der Waals surface area contributed by atoms with Gasteiger partial charge in [-0.2, -0.15) is 0 Å². The van der Waals surface area contributed by atoms with Gasteiger partial charge in [-0.25, -0.2) is 9.78 Å². The third kappa shape index (κ3) is 4.02. The highest BCUT2D eigenvalue weighted by atomic mass is 32.1. The van der Waals surface area contributed by atoms with Crippen LogP contribution in [0.5, 0.6) is 0 Å². The number of aromatic nitrogens is 1. The van der Waals surface area contributed by atoms with Crippen LogP contribution in [0, 0.1) is 12.8 Å². The summed E-state index contributed by atoms with van der Waals surface area (Å²) in [5.74, 6) is 0.766. The van der Waals surface area contributed by atoms with Gasteiger partial charge >= 0.3 is 6.03 Å². The topological polar surface area (TPSA) is 65.5 Å². The smallest absolute Gasteiger partial charge is 0.317 e. The van der Waals surface area contributed by atoms with Gasteiger partial charge in [0.1, 0.15) is 0 Å². The second kappa shape index (κ2) is 7.29. The Kier molecular flexibility index (Phi) is 5.15. The number of likely N-dealkylation sites (tertiary alicyclic amines) is 1. The Balaban J connectivity index is 1.40. The van der Waals surface area contributed by atoms with E-state index >= 15 is 0 Å². The summed E-state index contributed by atoms with van der Waals surface area (Å²) in [5.41, 5.74) is 2.89. The van der Waals surface area contributed by atoms with Crippen molar-refractivity contribution in [3.63, 3.8) is 0 Å². The molecule has 0 atom stereocenters. The molecule has 3 heterocycles. The van der Waals surface area contributed by atoms with Gasteiger partial charge in [-0.15, -0.1) is 11.3 Å². The van der Waals surface area contributed by atoms with Crippen molar-refractivity contribution >= 4 is 23.3 Å². The number of nitrogens with one attached hydrogen (secondary N) is 1. The van der Waals surface area contributed by atoms with Gasteiger partial charge < -0.3 is 15.1 Å². The van der Waals surface area contributed by atoms with Gasteiger partial charge in [-0.1, -0.05) is 0 Å². The highest BCUT2D eigenvalue weighted by Gasteiger charge is 2.27. The predicted molar refractivity (Wildman–Crippen MR) is 89.4 cm³/mol. The number of nitrogens with zero attached hydrogens (tertiary/aromatic N) is 3. The van der Waals surface area contributed by atoms with Gasteiger partial charge in [0.25, 0.3) is 0 Å². The van der Waals surface area contributed by atoms with E-state index in [2.05, 4.69) is 10.3 Å². The monoisotopic (exact) mass is 336 g/mol. The number of rotatable bonds is 5. The molecule has 0 spiro atoms. The highest BCUT2D eigenvalue weighted by Crippen LogP contribution is 2.21. The van der Waals surface area contributed by atoms with Crippen LogP contribution >= 0.6 is 11.3 Å². The van der Waals surface area contributed by atoms with Crippen molar-refractivity contribution in [1.82, 2.24) is 20.1 Å². The number of carbonyl (C=O) groups excluding carboxylic acids is 2. The molecule has 3 rings (SSSR count). The van der Waals surface area contributed by atoms with Crippen molar-refractivity contribution in [2.75, 3.05) is 32.7 Å². The summed E-state index contributed by atoms with van der Waals surface area (Å²) >= 11 is 1.63. The zero-order valence-electron chi connectivity index (χ0n) is 13.6. The summed E-state index contributed by atoms with van der Waals surface area (Å²) in [6.45, 7) is 6.03. The first kappa shape index (κ1) is 16.2. The van der Waals surface area contributed by atoms with E-state index in [4.69, 9.17) is 0 Å². The van der Waals surface area contributed by atoms with Crippen molar-refractivity contribution in [1.29, 1.82) is 0 Å². The summed E-state index contributed by atoms with van der Waals surface area (Å²) in [7, 11) is 0. The lowest BCUT2D eigenvalue weighted by molar-refractivity contribution is -0.132. The molecule has 23 heavy (non-hydrogen) atoms. The van der Waals surface area contributed by atoms with Crippen molar-refractivity contribution in [2.24, 2.45) is 5.92 Å². The molecule has 1 aromatic rings. The molecule has 0 bridgehead atoms. The second-order valence-corrected chi connectivity index (χ2v) is 7.30. The molecule has 1 aromatic heterocycles. The van der Waals surface area contributed by atoms with Crippen LogP contribution in [0.3, 0.4) is 0 Å². The van der Waals surface area contributed by atoms with E-state index in [9.17, 15) is 9.59 Å². The molecular formula is C16H24N4O2S. The van der Waals surface area contributed by atoms with Crippen LogP contribution in [0.4, 0.5) is 4.79 Å². The quantitative estimate of drug-likeness (QED) is 0.889. The molecule has 1 N–H and O–H groups in total. The normalized spacial score (nSPS) is 19.3. The molecule has 0 radical (unpaired) electrons. The van der Waals surface area contributed by atoms with E-state index in [0.29, 0.717) is 12.3 Å². The molecule has 2 aliphatic rings. The van der Waals surface area contributed by atoms with E-state index < -0.39 is 0 Å². The minimum Gasteiger partial charge on any atom is -0.343 e. The molecule has 2 aliphatic heterocycles. The van der Waals surface area contributed by atoms with Gasteiger partial charge in [0.15, 0.2) is 0 Å². The Morgan fingerprint density at radius 2 is 2.17 bits per heavy atom. The molecule has 2 saturated heterocycles. The molecule has 0 saturated carbocycles. The molecule has 0 aromatic carbocycles. The average Bonchev–Trinajstić information content (AvgIpc) is 3.14. The lowest BCUT2D eigenvalue weighted by atomic mass is 9.96. The van der Waals surface area contributed by atoms with Crippen LogP contribution in [0.1, 0.15) is 29.8 Å². The summed E-state index contributed by atoms with van der Waals surface area (Å²) < 4.78 is 0. The predicted octanol–water partition coefficient (Wildman–Crippen LogP) is 1.65. The van der Waals surface area contributed by atoms with E-state index in [0.717, 1.165) is 57.7 Å². The Morgan fingerprint density at radius 1 is 1.39 bits per heavy atom. The van der Waals surface area contributed by atoms with Gasteiger partial charge in [0, 0.05) is 44.0 Å². The Hall–Kier alpha value is -1.63. The minimum atomic E-state index is 0.0587. The van der Waals surface area contributed by atoms with Crippen LogP contribution in [0.15, 0.2) is 5.51 Å². The van der Waals surface area contributed by atoms with Crippen LogP contribution in [-0.4, -0.2) is 59.4 Å². The maximum Gasteiger partial charge on any atom is 0.317 e. The lowest BCUT2D eigenvalue weighted by Crippen LogP contribution is -2.42. The van der Waals surface area contributed by atoms with E-state index in [1.807, 2.05) is 22.2 Å². The van der Waals surface area contributed by atoms with Crippen LogP contribution in [0.2, 0.25) is 0 Å². The fourth-order valence-electron chi connectivity index (χ4n) is 3.31. The standard InChI is InChI=1S/C16H24N4O2S/c1-12-14(23-11-18-12)2-3-15(21)19-7-4-13(5-8-19)10-20-9-6-17-16(20)22/h11,13H,2-10H2,1H3,(H,17,22). The number of piperidine rings is 1. The third-order valence-electron chi connectivity index (χ3n) is 4.80. The summed E-state index contributed by atoms with van der Waals surface area (Å²) in [6, 6.07) is 0.0587. The largest absolute Gasteiger partial charge is 0.343 e. The zero-order valence-corrected chi connectivity index (χ0v) is 14.4. The molecule has 3 amide bonds. The van der Waals surface area contributed by atoms with Gasteiger partial charge in [0.05, 0.1) is 11.2 Å². The Labute approximate surface area is 140 Å². The molecular weight excluding hydrogens is 312 g/mol. The van der Waals surface area contributed by atoms with E-state index in [1.165, 1.54) is 4.88 Å². The highest BCUT2D eigenvalue weighted by molar-refractivity contribution is 7.09. The minimum absolute atomic E-state index is 0.0587. The van der Waals surface area contributed by atoms with Crippen LogP contribution in [-0.2, 0) is 11.2 Å². The maximum absolute atomic E-state index is 12.3. The van der Waals surface area contributed by atoms with Crippen molar-refractivity contribution in [2.45, 2.75) is 32.6 Å². The third-order valence-corrected chi connectivity index (χ3v) is 5.80. The molecule has 7 heteroatoms. The van der Waals surface area contributed by atoms with Gasteiger partial charge in [0.2, 0.25) is 5.91 Å². The molecule has 6 nitrogen and oxygen atoms in total. The van der Waals surface area contributed by atoms with E-state index in [-0.39, 0.29) is 11.9 Å². The molecule has 126 valence electrons. The van der Waals surface area contributed by atoms with E-state index in [1.54, 1.807) is 11.3 Å². The Bertz CT molecular complexity index is 566. The molecule has 2 fully saturated rings. The average molecular weight is 336 g/mol. The number of hydrogen-bond acceptors (Lipinski definition) is 4. The summed E-state index contributed by atoms with van der Waals surface area (Å²) in [5, 5.41) is 2.84. The number of carbonyl (C=O) groups is 2. The van der Waals surface area contributed by atoms with Crippen molar-refractivity contribution in [3.8, 4) is 0 Å². The van der Waals surface area contributed by atoms with Crippen LogP contribution < -0.4 is 5.32 Å². The zero-order chi connectivity index (χ0) is 16.2. The summed E-state index contributed by atoms with van der Waals surface area (Å²) in [6.07, 6.45) is 3.36. The number of urea groups is 1. The van der Waals surface area contributed by atoms with Gasteiger partial charge in [-0.3, -0.25) is 4.79 Å². The number of aryl methyl sites for hydroxylation is 2. The first-order chi connectivity index (χ1) is 11.1. The van der Waals surface area contributed by atoms with Crippen molar-refractivity contribution in [3.05, 3.63) is 16.1 Å². The number of thiazole rings is 1.